The van der Waals surface area contributed by atoms with Gasteiger partial charge in [-0.05, 0) is 13.0 Å². The second-order valence-corrected chi connectivity index (χ2v) is 6.91. The summed E-state index contributed by atoms with van der Waals surface area (Å²) in [4.78, 5) is 0. The summed E-state index contributed by atoms with van der Waals surface area (Å²) < 4.78 is 2.37. The molecule has 0 heterocycles. The van der Waals surface area contributed by atoms with Gasteiger partial charge >= 0.3 is 116 Å². The van der Waals surface area contributed by atoms with E-state index in [9.17, 15) is 0 Å². The third kappa shape index (κ3) is 15.0. The van der Waals surface area contributed by atoms with Gasteiger partial charge in [-0.1, -0.05) is 6.42 Å². The van der Waals surface area contributed by atoms with E-state index in [4.69, 9.17) is 5.73 Å². The Morgan fingerprint density at radius 2 is 1.28 bits per heavy atom. The molecule has 2 heteroatoms. The Morgan fingerprint density at radius 3 is 1.72 bits per heavy atom. The predicted molar refractivity (Wildman–Crippen MR) is 79.7 cm³/mol. The zero-order valence-electron chi connectivity index (χ0n) is 12.1. The first-order valence-electron chi connectivity index (χ1n) is 7.67. The second-order valence-electron chi connectivity index (χ2n) is 5.23. The molecule has 0 fully saturated rings. The summed E-state index contributed by atoms with van der Waals surface area (Å²) in [5.41, 5.74) is 6.91. The molecule has 0 amide bonds. The van der Waals surface area contributed by atoms with Crippen LogP contribution in [-0.4, -0.2) is 8.31 Å². The van der Waals surface area contributed by atoms with Gasteiger partial charge in [0.2, 0.25) is 0 Å². The van der Waals surface area contributed by atoms with Gasteiger partial charge in [0, 0.05) is 0 Å². The Balaban J connectivity index is 3.03. The molecule has 0 rings (SSSR count). The normalized spacial score (nSPS) is 10.6. The smallest absolute Gasteiger partial charge is 0.330 e. The van der Waals surface area contributed by atoms with Gasteiger partial charge in [-0.25, -0.2) is 0 Å². The van der Waals surface area contributed by atoms with E-state index < -0.39 is 0 Å². The van der Waals surface area contributed by atoms with Crippen LogP contribution in [0.1, 0.15) is 77.0 Å². The average Bonchev–Trinajstić information content (AvgIpc) is 2.36. The minimum absolute atomic E-state index is 0.865. The number of nitrogens with two attached hydrogens (primary N) is 1. The van der Waals surface area contributed by atoms with Crippen LogP contribution in [0.3, 0.4) is 0 Å². The minimum atomic E-state index is 0.865. The van der Waals surface area contributed by atoms with Crippen LogP contribution >= 0.6 is 0 Å². The number of hydrogen-bond acceptors (Lipinski definition) is 1. The fraction of sp³-hybridized carbons (Fsp3) is 0.812. The van der Waals surface area contributed by atoms with Crippen LogP contribution in [0.4, 0.5) is 0 Å². The van der Waals surface area contributed by atoms with Crippen LogP contribution in [0.25, 0.3) is 0 Å². The number of unbranched alkanes of at least 4 members (excludes halogenated alkanes) is 9. The fourth-order valence-corrected chi connectivity index (χ4v) is 3.37. The van der Waals surface area contributed by atoms with E-state index in [1.807, 2.05) is 0 Å². The van der Waals surface area contributed by atoms with Gasteiger partial charge in [0.1, 0.15) is 0 Å². The maximum absolute atomic E-state index is 5.47. The van der Waals surface area contributed by atoms with Gasteiger partial charge in [0.15, 0.2) is 0 Å². The summed E-state index contributed by atoms with van der Waals surface area (Å²) in [6.07, 6.45) is 16.2. The van der Waals surface area contributed by atoms with Crippen molar-refractivity contribution in [2.75, 3.05) is 6.54 Å². The molecular weight excluding hydrogens is 438 g/mol. The third-order valence-corrected chi connectivity index (χ3v) is 4.21. The maximum atomic E-state index is 5.47. The molecule has 0 aromatic heterocycles. The van der Waals surface area contributed by atoms with Crippen LogP contribution in [0, 0.1) is 37.4 Å². The molecule has 0 aromatic rings. The van der Waals surface area contributed by atoms with E-state index in [0.29, 0.717) is 0 Å². The van der Waals surface area contributed by atoms with Crippen molar-refractivity contribution in [2.24, 2.45) is 5.73 Å². The first kappa shape index (κ1) is 18.9. The first-order chi connectivity index (χ1) is 8.81. The van der Waals surface area contributed by atoms with Gasteiger partial charge in [0.25, 0.3) is 0 Å². The number of allylic oxidation sites excluding steroid dienone is 1. The van der Waals surface area contributed by atoms with Gasteiger partial charge in [-0.2, -0.15) is 0 Å². The summed E-state index contributed by atoms with van der Waals surface area (Å²) in [7, 11) is 0. The van der Waals surface area contributed by atoms with Crippen molar-refractivity contribution in [2.45, 2.75) is 77.0 Å². The fourth-order valence-electron chi connectivity index (χ4n) is 2.18. The molecule has 0 unspecified atom stereocenters. The molecule has 0 bridgehead atoms. The van der Waals surface area contributed by atoms with E-state index >= 15 is 0 Å². The van der Waals surface area contributed by atoms with Crippen molar-refractivity contribution in [3.63, 3.8) is 0 Å². The van der Waals surface area contributed by atoms with Crippen molar-refractivity contribution >= 4 is 1.76 Å². The molecule has 0 saturated carbocycles. The van der Waals surface area contributed by atoms with Crippen molar-refractivity contribution in [3.05, 3.63) is 12.2 Å². The summed E-state index contributed by atoms with van der Waals surface area (Å²) >= 11 is 1.01. The summed E-state index contributed by atoms with van der Waals surface area (Å²) in [6, 6.07) is 0. The summed E-state index contributed by atoms with van der Waals surface area (Å²) in [6.45, 7) is 4.98. The molecule has 0 aromatic carbocycles. The standard InChI is InChI=1S/C16H31N.Th/c1-3-16(2)14-12-10-8-6-4-5-7-9-11-13-15-17;/h1H,2-15,17H2;/q;+2. The molecule has 18 heavy (non-hydrogen) atoms. The minimum Gasteiger partial charge on any atom is -0.330 e. The Labute approximate surface area is 139 Å². The van der Waals surface area contributed by atoms with Gasteiger partial charge in [-0.15, -0.1) is 0 Å². The van der Waals surface area contributed by atoms with Crippen LogP contribution in [-0.2, 0) is 0 Å². The molecule has 0 aliphatic carbocycles. The van der Waals surface area contributed by atoms with Gasteiger partial charge in [0.05, 0.1) is 0 Å². The van der Waals surface area contributed by atoms with E-state index in [2.05, 4.69) is 8.34 Å². The van der Waals surface area contributed by atoms with E-state index in [1.165, 1.54) is 82.6 Å². The third-order valence-electron chi connectivity index (χ3n) is 3.38. The Bertz CT molecular complexity index is 201. The Morgan fingerprint density at radius 1 is 0.833 bits per heavy atom. The SMILES string of the molecule is C=C(C[CH]=[Th+2])CCCCCCCCCCCCN. The zero-order valence-corrected chi connectivity index (χ0v) is 16.2. The molecule has 0 saturated heterocycles. The van der Waals surface area contributed by atoms with Crippen LogP contribution in [0.15, 0.2) is 12.2 Å². The van der Waals surface area contributed by atoms with Gasteiger partial charge < -0.3 is 5.73 Å². The monoisotopic (exact) mass is 469 g/mol. The molecule has 0 radical (unpaired) electrons. The first-order valence-corrected chi connectivity index (χ1v) is 10.0. The topological polar surface area (TPSA) is 26.0 Å². The van der Waals surface area contributed by atoms with Crippen LogP contribution < -0.4 is 5.73 Å². The van der Waals surface area contributed by atoms with E-state index in [1.54, 1.807) is 0 Å². The zero-order chi connectivity index (χ0) is 13.5. The molecule has 102 valence electrons. The quantitative estimate of drug-likeness (QED) is 0.294. The molecule has 2 N–H and O–H groups in total. The second kappa shape index (κ2) is 16.0. The van der Waals surface area contributed by atoms with Crippen molar-refractivity contribution in [3.8, 4) is 0 Å². The molecule has 0 atom stereocenters. The van der Waals surface area contributed by atoms with Crippen molar-refractivity contribution in [1.29, 1.82) is 0 Å². The van der Waals surface area contributed by atoms with Crippen molar-refractivity contribution < 1.29 is 37.4 Å². The van der Waals surface area contributed by atoms with Gasteiger partial charge in [-0.3, -0.25) is 0 Å². The molecule has 0 spiro atoms. The number of rotatable bonds is 14. The molecule has 0 aliphatic heterocycles. The molecular formula is C16H31NTh+2. The molecule has 1 nitrogen and oxygen atoms in total. The van der Waals surface area contributed by atoms with E-state index in [0.717, 1.165) is 43.9 Å². The Kier molecular flexibility index (Phi) is 16.7. The number of hydrogen-bond donors (Lipinski definition) is 1. The van der Waals surface area contributed by atoms with Crippen molar-refractivity contribution in [1.82, 2.24) is 0 Å². The van der Waals surface area contributed by atoms with Crippen LogP contribution in [0.2, 0.25) is 0 Å². The Hall–Kier alpha value is 0.895. The summed E-state index contributed by atoms with van der Waals surface area (Å²) in [5.74, 6) is 0. The van der Waals surface area contributed by atoms with E-state index in [-0.39, 0.29) is 0 Å². The summed E-state index contributed by atoms with van der Waals surface area (Å²) in [5, 5.41) is 0. The van der Waals surface area contributed by atoms with Crippen LogP contribution in [0.5, 0.6) is 0 Å². The average molecular weight is 469 g/mol. The predicted octanol–water partition coefficient (Wildman–Crippen LogP) is 4.53. The molecule has 0 aliphatic rings.